The van der Waals surface area contributed by atoms with Crippen LogP contribution in [0.3, 0.4) is 0 Å². The average Bonchev–Trinajstić information content (AvgIpc) is 0.831. The highest BCUT2D eigenvalue weighted by atomic mass is 32.1. The summed E-state index contributed by atoms with van der Waals surface area (Å²) in [6.45, 7) is 8.17. The fourth-order valence-corrected chi connectivity index (χ4v) is 13.9. The molecule has 0 N–H and O–H groups in total. The number of benzene rings is 5. The third kappa shape index (κ3) is 13.6. The lowest BCUT2D eigenvalue weighted by atomic mass is 10.1. The molecule has 0 saturated carbocycles. The van der Waals surface area contributed by atoms with Crippen LogP contribution in [0.5, 0.6) is 0 Å². The Balaban J connectivity index is 0.000000144. The van der Waals surface area contributed by atoms with Gasteiger partial charge in [0.15, 0.2) is 0 Å². The van der Waals surface area contributed by atoms with Gasteiger partial charge in [-0.1, -0.05) is 78.9 Å². The molecular formula is C72H68FN13O6S2. The zero-order valence-electron chi connectivity index (χ0n) is 52.4. The number of hydrogen-bond acceptors (Lipinski definition) is 15. The largest absolute Gasteiger partial charge is 0.366 e. The van der Waals surface area contributed by atoms with E-state index in [4.69, 9.17) is 0 Å². The van der Waals surface area contributed by atoms with E-state index in [1.165, 1.54) is 40.2 Å². The predicted molar refractivity (Wildman–Crippen MR) is 368 cm³/mol. The first-order valence-electron chi connectivity index (χ1n) is 30.9. The van der Waals surface area contributed by atoms with Crippen molar-refractivity contribution in [3.05, 3.63) is 237 Å². The zero-order valence-corrected chi connectivity index (χ0v) is 54.0. The average molecular weight is 1290 g/mol. The number of para-hydroxylation sites is 3. The van der Waals surface area contributed by atoms with Gasteiger partial charge in [0, 0.05) is 119 Å². The fraction of sp³-hybridized carbons (Fsp3) is 0.264. The Bertz CT molecular complexity index is 4740. The van der Waals surface area contributed by atoms with Crippen LogP contribution in [0.2, 0.25) is 0 Å². The van der Waals surface area contributed by atoms with E-state index in [1.807, 2.05) is 166 Å². The lowest BCUT2D eigenvalue weighted by molar-refractivity contribution is 0.0739. The third-order valence-electron chi connectivity index (χ3n) is 17.3. The van der Waals surface area contributed by atoms with Crippen molar-refractivity contribution in [3.63, 3.8) is 0 Å². The van der Waals surface area contributed by atoms with E-state index in [1.54, 1.807) is 32.4 Å². The molecule has 3 aliphatic heterocycles. The number of rotatable bonds is 12. The molecule has 0 bridgehead atoms. The van der Waals surface area contributed by atoms with Crippen molar-refractivity contribution in [2.75, 3.05) is 114 Å². The third-order valence-corrected chi connectivity index (χ3v) is 18.9. The molecule has 3 fully saturated rings. The maximum absolute atomic E-state index is 13.4. The summed E-state index contributed by atoms with van der Waals surface area (Å²) in [7, 11) is 5.67. The maximum Gasteiger partial charge on any atom is 0.271 e. The van der Waals surface area contributed by atoms with E-state index in [0.717, 1.165) is 56.1 Å². The minimum Gasteiger partial charge on any atom is -0.366 e. The number of hydrogen-bond donors (Lipinski definition) is 0. The Morgan fingerprint density at radius 1 is 0.489 bits per heavy atom. The maximum atomic E-state index is 13.4. The van der Waals surface area contributed by atoms with Gasteiger partial charge in [0.25, 0.3) is 34.4 Å². The molecule has 3 aliphatic rings. The van der Waals surface area contributed by atoms with Crippen molar-refractivity contribution >= 4 is 90.2 Å². The van der Waals surface area contributed by atoms with Crippen LogP contribution in [0.25, 0.3) is 32.7 Å². The van der Waals surface area contributed by atoms with Gasteiger partial charge < -0.3 is 48.0 Å². The molecule has 0 atom stereocenters. The van der Waals surface area contributed by atoms with E-state index in [-0.39, 0.29) is 56.9 Å². The van der Waals surface area contributed by atoms with Crippen molar-refractivity contribution in [1.82, 2.24) is 33.3 Å². The highest BCUT2D eigenvalue weighted by molar-refractivity contribution is 7.12. The van der Waals surface area contributed by atoms with Gasteiger partial charge in [-0.15, -0.1) is 11.3 Å². The van der Waals surface area contributed by atoms with Gasteiger partial charge in [0.05, 0.1) is 45.0 Å². The predicted octanol–water partition coefficient (Wildman–Crippen LogP) is 9.31. The van der Waals surface area contributed by atoms with Crippen LogP contribution in [0.1, 0.15) is 59.1 Å². The lowest BCUT2D eigenvalue weighted by Crippen LogP contribution is -2.49. The Morgan fingerprint density at radius 3 is 1.39 bits per heavy atom. The number of anilines is 3. The number of piperazine rings is 3. The molecule has 3 saturated heterocycles. The Labute approximate surface area is 550 Å². The van der Waals surface area contributed by atoms with E-state index in [2.05, 4.69) is 32.9 Å². The number of nitrogens with zero attached hydrogens (tertiary/aromatic N) is 13. The van der Waals surface area contributed by atoms with Crippen LogP contribution in [-0.2, 0) is 20.1 Å². The molecule has 13 rings (SSSR count). The van der Waals surface area contributed by atoms with Gasteiger partial charge in [-0.2, -0.15) is 27.1 Å². The quantitative estimate of drug-likeness (QED) is 0.112. The minimum absolute atomic E-state index is 0.00888. The van der Waals surface area contributed by atoms with Crippen molar-refractivity contribution < 1.29 is 18.8 Å². The van der Waals surface area contributed by atoms with E-state index in [9.17, 15) is 48.9 Å². The highest BCUT2D eigenvalue weighted by Crippen LogP contribution is 2.34. The molecule has 3 amide bonds. The number of pyridine rings is 3. The van der Waals surface area contributed by atoms with Crippen LogP contribution in [-0.4, -0.2) is 150 Å². The van der Waals surface area contributed by atoms with Gasteiger partial charge >= 0.3 is 0 Å². The van der Waals surface area contributed by atoms with Crippen LogP contribution < -0.4 is 31.4 Å². The second-order valence-electron chi connectivity index (χ2n) is 23.2. The normalized spacial score (nSPS) is 14.0. The smallest absolute Gasteiger partial charge is 0.271 e. The number of aromatic nitrogens is 3. The molecule has 22 heteroatoms. The summed E-state index contributed by atoms with van der Waals surface area (Å²) in [5.74, 6) is -0.485. The van der Waals surface area contributed by atoms with Gasteiger partial charge in [-0.3, -0.25) is 28.8 Å². The second-order valence-corrected chi connectivity index (χ2v) is 25.0. The number of fused-ring (bicyclic) bond motifs is 3. The van der Waals surface area contributed by atoms with Crippen molar-refractivity contribution in [2.45, 2.75) is 19.5 Å². The molecule has 8 heterocycles. The molecule has 5 aromatic heterocycles. The van der Waals surface area contributed by atoms with Gasteiger partial charge in [0.1, 0.15) is 40.7 Å². The fourth-order valence-electron chi connectivity index (χ4n) is 12.5. The monoisotopic (exact) mass is 1290 g/mol. The topological polar surface area (TPSA) is 211 Å². The van der Waals surface area contributed by atoms with E-state index in [0.29, 0.717) is 120 Å². The first-order chi connectivity index (χ1) is 45.7. The molecule has 0 unspecified atom stereocenters. The number of aryl methyl sites for hydroxylation is 2. The van der Waals surface area contributed by atoms with Crippen molar-refractivity contribution in [3.8, 4) is 18.2 Å². The van der Waals surface area contributed by atoms with Gasteiger partial charge in [-0.05, 0) is 115 Å². The minimum atomic E-state index is -0.381. The SMILES string of the molecule is CN(C)CCCn1c(=O)c(C#N)c(N2CCN(C(=O)c3ccc(F)cc3)CC2)c2ccccc21.Cn1c(=O)c(C#N)c(N2CCN(C(=O)c3ccccc3)CC2)c2ccccc21.N#Cc1c(N2CCN(C(=O)c3cccs3)CC2)c2ccccc2n(Cc2ccsc2)c1=O. The standard InChI is InChI=1S/C26H28FN5O2.C24H20N4O2S2.C22H20N4O2/c1-29(2)12-5-13-32-23-7-4-3-6-21(23)24(22(18-28)26(32)34)30-14-16-31(17-15-30)25(33)19-8-10-20(27)11-9-19;25-14-19-22(26-8-10-27(11-9-26)24(30)21-6-3-12-32-21)18-4-1-2-5-20(18)28(23(19)29)15-17-7-13-31-16-17;1-24-19-10-6-5-9-17(19)20(18(15-23)22(24)28)25-11-13-26(14-12-25)21(27)16-7-3-2-4-8-16/h3-4,6-11H,5,12-17H2,1-2H3;1-7,12-13,16H,8-11,15H2;2-10H,11-14H2,1H3. The summed E-state index contributed by atoms with van der Waals surface area (Å²) in [4.78, 5) is 92.0. The molecule has 10 aromatic rings. The Kier molecular flexibility index (Phi) is 20.2. The van der Waals surface area contributed by atoms with Crippen molar-refractivity contribution in [1.29, 1.82) is 15.8 Å². The van der Waals surface area contributed by atoms with Gasteiger partial charge in [0.2, 0.25) is 0 Å². The number of amides is 3. The van der Waals surface area contributed by atoms with Crippen LogP contribution in [0.15, 0.2) is 176 Å². The molecule has 0 aliphatic carbocycles. The second kappa shape index (κ2) is 29.3. The van der Waals surface area contributed by atoms with Crippen molar-refractivity contribution in [2.24, 2.45) is 7.05 Å². The first kappa shape index (κ1) is 64.8. The van der Waals surface area contributed by atoms with E-state index >= 15 is 0 Å². The summed E-state index contributed by atoms with van der Waals surface area (Å²) in [5, 5.41) is 38.1. The molecule has 5 aromatic carbocycles. The number of thiophene rings is 2. The summed E-state index contributed by atoms with van der Waals surface area (Å²) in [6, 6.07) is 50.0. The van der Waals surface area contributed by atoms with Gasteiger partial charge in [-0.25, -0.2) is 4.39 Å². The summed E-state index contributed by atoms with van der Waals surface area (Å²) in [6.07, 6.45) is 0.797. The lowest BCUT2D eigenvalue weighted by Gasteiger charge is -2.37. The molecule has 94 heavy (non-hydrogen) atoms. The molecule has 476 valence electrons. The summed E-state index contributed by atoms with van der Waals surface area (Å²) in [5.41, 5.74) is 6.19. The van der Waals surface area contributed by atoms with Crippen LogP contribution in [0.4, 0.5) is 21.5 Å². The van der Waals surface area contributed by atoms with Crippen LogP contribution in [0, 0.1) is 39.8 Å². The zero-order chi connectivity index (χ0) is 66.0. The summed E-state index contributed by atoms with van der Waals surface area (Å²) >= 11 is 3.03. The Hall–Kier alpha value is -10.7. The highest BCUT2D eigenvalue weighted by Gasteiger charge is 2.31. The molecular weight excluding hydrogens is 1230 g/mol. The first-order valence-corrected chi connectivity index (χ1v) is 32.8. The molecule has 19 nitrogen and oxygen atoms in total. The molecule has 0 spiro atoms. The van der Waals surface area contributed by atoms with E-state index < -0.39 is 0 Å². The number of carbonyl (C=O) groups excluding carboxylic acids is 3. The number of halogens is 1. The van der Waals surface area contributed by atoms with Crippen LogP contribution >= 0.6 is 22.7 Å². The number of carbonyl (C=O) groups is 3. The molecule has 0 radical (unpaired) electrons. The Morgan fingerprint density at radius 2 is 0.926 bits per heavy atom. The number of nitriles is 3. The summed E-state index contributed by atoms with van der Waals surface area (Å²) < 4.78 is 18.1.